The first-order chi connectivity index (χ1) is 57.0. The highest BCUT2D eigenvalue weighted by Crippen LogP contribution is 2.44. The van der Waals surface area contributed by atoms with Crippen LogP contribution in [0.4, 0.5) is 52.7 Å². The fourth-order valence-electron chi connectivity index (χ4n) is 11.2. The van der Waals surface area contributed by atoms with Crippen LogP contribution in [0.1, 0.15) is 105 Å². The average molecular weight is 2050 g/mol. The highest BCUT2D eigenvalue weighted by Gasteiger charge is 2.64. The molecule has 0 spiro atoms. The van der Waals surface area contributed by atoms with Crippen LogP contribution in [0.15, 0.2) is 277 Å². The van der Waals surface area contributed by atoms with Gasteiger partial charge in [0.1, 0.15) is 69.8 Å². The van der Waals surface area contributed by atoms with E-state index in [4.69, 9.17) is 48.0 Å². The zero-order valence-electron chi connectivity index (χ0n) is 67.8. The zero-order valence-corrected chi connectivity index (χ0v) is 75.7. The van der Waals surface area contributed by atoms with Crippen molar-refractivity contribution < 1.29 is 101 Å². The fourth-order valence-corrected chi connectivity index (χ4v) is 12.6. The van der Waals surface area contributed by atoms with Gasteiger partial charge in [-0.1, -0.05) is 169 Å². The summed E-state index contributed by atoms with van der Waals surface area (Å²) in [5, 5.41) is 34.8. The zero-order chi connectivity index (χ0) is 90.1. The molecule has 3 saturated heterocycles. The highest BCUT2D eigenvalue weighted by atomic mass is 79.9. The summed E-state index contributed by atoms with van der Waals surface area (Å²) in [6.45, 7) is 23.9. The lowest BCUT2D eigenvalue weighted by Crippen LogP contribution is -2.41. The SMILES string of the molecule is C.C.C.CC1(C)OB(B2OC(C)(C)C(C)(C)O2)OC1(C)C.CC1(C)OB(c2ccc(-c3ccc(F)cc3)cc2F)OC1(C)C.Fc1cc(Br)ccc1Br.Fc1ccc(-c2ccc(Br)c(F)c2)cc1.Fc1ccc(-c2ccc(Br)c(F)c2)cc1.Fc1ccc(-c2ccc(Br)cc2F)cc1.OB(O)c1ccc(-c2ccc(F)cc2)cc1F.OB(O)c1ccc(F)cc1. The smallest absolute Gasteiger partial charge is 0.423 e. The maximum Gasteiger partial charge on any atom is 0.497 e. The van der Waals surface area contributed by atoms with Crippen molar-refractivity contribution in [1.29, 1.82) is 0 Å². The van der Waals surface area contributed by atoms with Crippen LogP contribution in [0.5, 0.6) is 0 Å². The number of halogens is 17. The molecule has 12 aromatic carbocycles. The van der Waals surface area contributed by atoms with Gasteiger partial charge in [-0.05, 0) is 326 Å². The lowest BCUT2D eigenvalue weighted by atomic mass is 9.49. The van der Waals surface area contributed by atoms with Crippen molar-refractivity contribution >= 4 is 131 Å². The van der Waals surface area contributed by atoms with Crippen molar-refractivity contribution in [2.24, 2.45) is 0 Å². The van der Waals surface area contributed by atoms with Gasteiger partial charge >= 0.3 is 35.4 Å². The van der Waals surface area contributed by atoms with E-state index in [2.05, 4.69) is 79.6 Å². The maximum absolute atomic E-state index is 14.5. The van der Waals surface area contributed by atoms with Gasteiger partial charge in [0.05, 0.1) is 47.0 Å². The van der Waals surface area contributed by atoms with Crippen LogP contribution in [0.2, 0.25) is 0 Å². The first-order valence-corrected chi connectivity index (χ1v) is 41.4. The van der Waals surface area contributed by atoms with Crippen LogP contribution in [-0.4, -0.2) is 89.1 Å². The molecule has 32 heteroatoms. The monoisotopic (exact) mass is 2050 g/mol. The Balaban J connectivity index is 0.000000256. The standard InChI is InChI=1S/C18H19BF2O2.C12H24B2O4.C12H9BF2O2.3C12H7BrF2.C6H6BFO2.C6H3Br2F.3CH4/c1-17(2)18(3,4)23-19(22-17)15-10-7-13(11-16(15)21)12-5-8-14(20)9-6-12;1-9(2)10(3,4)16-13(15-9)14-17-11(5,6)12(7,8)18-14;14-10-4-1-8(2-5-10)9-3-6-11(13(16)17)12(15)7-9;13-9-3-6-11(12(15)7-9)8-1-4-10(14)5-2-8;2*13-11-6-3-9(7-12(11)15)8-1-4-10(14)5-2-8;8-6-3-1-5(2-4-6)7(9)10;7-4-1-2-5(8)6(9)3-4;;;/h5-11H,1-4H3;1-8H3;1-7,16-17H;3*1-7H;1-4,9-10H;1-3H;3*1H4. The normalized spacial score (nSPS) is 14.7. The maximum atomic E-state index is 14.5. The van der Waals surface area contributed by atoms with Gasteiger partial charge in [0, 0.05) is 25.4 Å². The van der Waals surface area contributed by atoms with Crippen molar-refractivity contribution in [3.8, 4) is 55.6 Å². The number of hydrogen-bond donors (Lipinski definition) is 4. The second kappa shape index (κ2) is 46.9. The third-order valence-corrected chi connectivity index (χ3v) is 23.2. The molecule has 0 radical (unpaired) electrons. The van der Waals surface area contributed by atoms with Crippen molar-refractivity contribution in [2.75, 3.05) is 0 Å². The molecule has 12 aromatic rings. The summed E-state index contributed by atoms with van der Waals surface area (Å²) in [7, 11) is -5.03. The molecule has 15 rings (SSSR count). The number of rotatable bonds is 9. The molecule has 0 aromatic heterocycles. The van der Waals surface area contributed by atoms with Crippen molar-refractivity contribution in [1.82, 2.24) is 0 Å². The molecular weight excluding hydrogens is 1960 g/mol. The molecule has 0 bridgehead atoms. The Kier molecular flexibility index (Phi) is 40.4. The Morgan fingerprint density at radius 2 is 0.496 bits per heavy atom. The van der Waals surface area contributed by atoms with E-state index >= 15 is 0 Å². The van der Waals surface area contributed by atoms with Gasteiger partial charge in [0.25, 0.3) is 0 Å². The minimum Gasteiger partial charge on any atom is -0.423 e. The molecule has 125 heavy (non-hydrogen) atoms. The fraction of sp³-hybridized carbons (Fsp3) is 0.226. The van der Waals surface area contributed by atoms with Gasteiger partial charge in [-0.2, -0.15) is 0 Å². The van der Waals surface area contributed by atoms with E-state index in [-0.39, 0.29) is 108 Å². The number of hydrogen-bond acceptors (Lipinski definition) is 10. The van der Waals surface area contributed by atoms with Gasteiger partial charge in [0.2, 0.25) is 0 Å². The summed E-state index contributed by atoms with van der Waals surface area (Å²) >= 11 is 15.5. The van der Waals surface area contributed by atoms with Crippen molar-refractivity contribution in [3.63, 3.8) is 0 Å². The lowest BCUT2D eigenvalue weighted by Gasteiger charge is -2.32. The molecule has 3 aliphatic rings. The van der Waals surface area contributed by atoms with E-state index in [1.807, 2.05) is 83.1 Å². The molecule has 3 heterocycles. The van der Waals surface area contributed by atoms with Gasteiger partial charge in [-0.15, -0.1) is 0 Å². The molecule has 0 saturated carbocycles. The van der Waals surface area contributed by atoms with Crippen molar-refractivity contribution in [2.45, 2.75) is 139 Å². The minimum atomic E-state index is -1.84. The van der Waals surface area contributed by atoms with Crippen LogP contribution in [0.25, 0.3) is 55.6 Å². The molecular formula is C93H94B5Br5F12O10. The van der Waals surface area contributed by atoms with E-state index in [9.17, 15) is 52.7 Å². The Labute approximate surface area is 767 Å². The van der Waals surface area contributed by atoms with Crippen LogP contribution >= 0.6 is 79.6 Å². The Bertz CT molecular complexity index is 5290. The molecule has 10 nitrogen and oxygen atoms in total. The van der Waals surface area contributed by atoms with E-state index < -0.39 is 58.2 Å². The van der Waals surface area contributed by atoms with Gasteiger partial charge in [0.15, 0.2) is 0 Å². The van der Waals surface area contributed by atoms with Crippen LogP contribution < -0.4 is 16.4 Å². The van der Waals surface area contributed by atoms with E-state index in [1.54, 1.807) is 115 Å². The molecule has 4 N–H and O–H groups in total. The molecule has 3 fully saturated rings. The van der Waals surface area contributed by atoms with Gasteiger partial charge < -0.3 is 48.0 Å². The predicted octanol–water partition coefficient (Wildman–Crippen LogP) is 25.4. The number of benzene rings is 12. The van der Waals surface area contributed by atoms with Crippen molar-refractivity contribution in [3.05, 3.63) is 347 Å². The summed E-state index contributed by atoms with van der Waals surface area (Å²) in [5.41, 5.74) is 4.85. The lowest BCUT2D eigenvalue weighted by molar-refractivity contribution is 0.00578. The topological polar surface area (TPSA) is 136 Å². The molecule has 0 unspecified atom stereocenters. The van der Waals surface area contributed by atoms with E-state index in [0.717, 1.165) is 32.3 Å². The molecule has 0 aliphatic carbocycles. The third-order valence-electron chi connectivity index (χ3n) is 20.2. The quantitative estimate of drug-likeness (QED) is 0.0628. The Morgan fingerprint density at radius 3 is 0.776 bits per heavy atom. The first kappa shape index (κ1) is 108. The summed E-state index contributed by atoms with van der Waals surface area (Å²) in [5.74, 6) is -4.30. The molecule has 0 atom stereocenters. The highest BCUT2D eigenvalue weighted by molar-refractivity contribution is 9.11. The molecule has 660 valence electrons. The first-order valence-electron chi connectivity index (χ1n) is 37.4. The summed E-state index contributed by atoms with van der Waals surface area (Å²) in [4.78, 5) is 0. The Morgan fingerprint density at radius 1 is 0.248 bits per heavy atom. The van der Waals surface area contributed by atoms with E-state index in [1.165, 1.54) is 140 Å². The molecule has 0 amide bonds. The molecule has 3 aliphatic heterocycles. The Hall–Kier alpha value is -7.88. The summed E-state index contributed by atoms with van der Waals surface area (Å²) in [6, 6.07) is 62.4. The minimum absolute atomic E-state index is 0. The predicted molar refractivity (Wildman–Crippen MR) is 498 cm³/mol. The van der Waals surface area contributed by atoms with Crippen LogP contribution in [-0.2, 0) is 27.9 Å². The second-order valence-electron chi connectivity index (χ2n) is 30.6. The average Bonchev–Trinajstić information content (AvgIpc) is 1.59. The van der Waals surface area contributed by atoms with E-state index in [0.29, 0.717) is 56.6 Å². The summed E-state index contributed by atoms with van der Waals surface area (Å²) < 4.78 is 195. The van der Waals surface area contributed by atoms with Crippen LogP contribution in [0.3, 0.4) is 0 Å². The van der Waals surface area contributed by atoms with Gasteiger partial charge in [-0.3, -0.25) is 0 Å². The van der Waals surface area contributed by atoms with Gasteiger partial charge in [-0.25, -0.2) is 52.7 Å². The third kappa shape index (κ3) is 30.4. The second-order valence-corrected chi connectivity index (χ2v) is 35.0. The van der Waals surface area contributed by atoms with Crippen LogP contribution in [0, 0.1) is 69.8 Å². The largest absolute Gasteiger partial charge is 0.497 e. The summed E-state index contributed by atoms with van der Waals surface area (Å²) in [6.07, 6.45) is 0.